The number of nitrogens with zero attached hydrogens (tertiary/aromatic N) is 1. The maximum atomic E-state index is 13.0. The van der Waals surface area contributed by atoms with E-state index in [0.29, 0.717) is 45.2 Å². The van der Waals surface area contributed by atoms with E-state index in [1.807, 2.05) is 42.5 Å². The summed E-state index contributed by atoms with van der Waals surface area (Å²) < 4.78 is 22.6. The van der Waals surface area contributed by atoms with Crippen LogP contribution in [0.5, 0.6) is 0 Å². The number of nitrogens with one attached hydrogen (secondary N) is 1. The first-order valence-corrected chi connectivity index (χ1v) is 14.2. The van der Waals surface area contributed by atoms with E-state index in [1.165, 1.54) is 0 Å². The molecule has 9 heteroatoms. The Morgan fingerprint density at radius 3 is 2.75 bits per heavy atom. The number of furan rings is 1. The van der Waals surface area contributed by atoms with Gasteiger partial charge in [0.05, 0.1) is 37.5 Å². The summed E-state index contributed by atoms with van der Waals surface area (Å²) in [5.41, 5.74) is 9.81. The molecule has 0 bridgehead atoms. The van der Waals surface area contributed by atoms with Crippen LogP contribution in [-0.4, -0.2) is 66.9 Å². The van der Waals surface area contributed by atoms with E-state index >= 15 is 0 Å². The summed E-state index contributed by atoms with van der Waals surface area (Å²) in [6.07, 6.45) is 0.971. The van der Waals surface area contributed by atoms with E-state index in [2.05, 4.69) is 30.1 Å². The molecule has 3 heterocycles. The van der Waals surface area contributed by atoms with Crippen molar-refractivity contribution in [3.05, 3.63) is 71.5 Å². The van der Waals surface area contributed by atoms with Crippen LogP contribution in [0, 0.1) is 11.8 Å². The van der Waals surface area contributed by atoms with Gasteiger partial charge in [0.2, 0.25) is 0 Å². The summed E-state index contributed by atoms with van der Waals surface area (Å²) in [6.45, 7) is 7.48. The molecule has 2 saturated heterocycles. The van der Waals surface area contributed by atoms with Crippen LogP contribution in [0.3, 0.4) is 0 Å². The molecular weight excluding hydrogens is 510 g/mol. The molecular formula is C31H41N3O6. The fourth-order valence-corrected chi connectivity index (χ4v) is 5.78. The Morgan fingerprint density at radius 2 is 1.98 bits per heavy atom. The van der Waals surface area contributed by atoms with Crippen molar-refractivity contribution in [1.82, 2.24) is 10.2 Å². The fraction of sp³-hybridized carbons (Fsp3) is 0.516. The largest absolute Gasteiger partial charge is 0.464 e. The Hall–Kier alpha value is -2.95. The minimum atomic E-state index is -0.828. The first-order valence-electron chi connectivity index (χ1n) is 14.2. The van der Waals surface area contributed by atoms with Crippen molar-refractivity contribution in [3.63, 3.8) is 0 Å². The van der Waals surface area contributed by atoms with Gasteiger partial charge in [-0.15, -0.1) is 0 Å². The number of hydrogen-bond donors (Lipinski definition) is 3. The Labute approximate surface area is 235 Å². The van der Waals surface area contributed by atoms with Crippen molar-refractivity contribution in [2.45, 2.75) is 64.3 Å². The average Bonchev–Trinajstić information content (AvgIpc) is 3.65. The number of aliphatic hydroxyl groups excluding tert-OH is 1. The molecule has 0 spiro atoms. The molecule has 1 aromatic heterocycles. The molecule has 0 unspecified atom stereocenters. The number of amides is 1. The molecule has 1 amide bonds. The number of nitrogens with two attached hydrogens (primary N) is 1. The van der Waals surface area contributed by atoms with Gasteiger partial charge in [0.25, 0.3) is 0 Å². The van der Waals surface area contributed by atoms with Crippen LogP contribution in [0.15, 0.2) is 59.2 Å². The van der Waals surface area contributed by atoms with Gasteiger partial charge in [0, 0.05) is 37.1 Å². The van der Waals surface area contributed by atoms with Crippen LogP contribution in [0.25, 0.3) is 11.0 Å². The highest BCUT2D eigenvalue weighted by molar-refractivity contribution is 5.81. The van der Waals surface area contributed by atoms with E-state index in [4.69, 9.17) is 24.4 Å². The number of aliphatic hydroxyl groups is 1. The summed E-state index contributed by atoms with van der Waals surface area (Å²) in [7, 11) is 0. The quantitative estimate of drug-likeness (QED) is 0.311. The van der Waals surface area contributed by atoms with Crippen LogP contribution in [0.1, 0.15) is 37.0 Å². The third-order valence-electron chi connectivity index (χ3n) is 7.72. The molecule has 2 aliphatic heterocycles. The second kappa shape index (κ2) is 13.1. The topological polar surface area (TPSA) is 119 Å². The second-order valence-corrected chi connectivity index (χ2v) is 11.4. The van der Waals surface area contributed by atoms with Gasteiger partial charge < -0.3 is 34.8 Å². The van der Waals surface area contributed by atoms with Crippen LogP contribution >= 0.6 is 0 Å². The highest BCUT2D eigenvalue weighted by atomic mass is 16.7. The standard InChI is InChI=1S/C31H41N3O6/c1-20(2)15-34(16-22-8-9-28-25(12-22)23(14-32)18-38-28)17-27(35)26(13-21-6-4-3-5-7-21)33-31(36)40-29-19-39-30-24(29)10-11-37-30/h3-9,12,18,20,24,26-27,29-30,35H,10-11,13-17,19,32H2,1-2H3,(H,33,36)/t24-,26-,27+,29-,30+/m0/s1. The highest BCUT2D eigenvalue weighted by Crippen LogP contribution is 2.33. The molecule has 216 valence electrons. The van der Waals surface area contributed by atoms with Crippen LogP contribution < -0.4 is 11.1 Å². The summed E-state index contributed by atoms with van der Waals surface area (Å²) in [6, 6.07) is 15.5. The van der Waals surface area contributed by atoms with Gasteiger partial charge in [-0.25, -0.2) is 4.79 Å². The van der Waals surface area contributed by atoms with E-state index in [0.717, 1.165) is 40.6 Å². The van der Waals surface area contributed by atoms with E-state index in [-0.39, 0.29) is 18.3 Å². The molecule has 5 atom stereocenters. The van der Waals surface area contributed by atoms with Crippen molar-refractivity contribution in [1.29, 1.82) is 0 Å². The van der Waals surface area contributed by atoms with Gasteiger partial charge in [-0.1, -0.05) is 50.2 Å². The van der Waals surface area contributed by atoms with Gasteiger partial charge in [-0.05, 0) is 42.0 Å². The molecule has 4 N–H and O–H groups in total. The molecule has 9 nitrogen and oxygen atoms in total. The van der Waals surface area contributed by atoms with E-state index < -0.39 is 18.2 Å². The van der Waals surface area contributed by atoms with Crippen LogP contribution in [0.4, 0.5) is 4.79 Å². The Balaban J connectivity index is 1.28. The van der Waals surface area contributed by atoms with Crippen molar-refractivity contribution in [2.75, 3.05) is 26.3 Å². The third kappa shape index (κ3) is 7.03. The second-order valence-electron chi connectivity index (χ2n) is 11.4. The van der Waals surface area contributed by atoms with Crippen molar-refractivity contribution in [3.8, 4) is 0 Å². The van der Waals surface area contributed by atoms with Gasteiger partial charge in [-0.2, -0.15) is 0 Å². The number of carbonyl (C=O) groups is 1. The first-order chi connectivity index (χ1) is 19.4. The summed E-state index contributed by atoms with van der Waals surface area (Å²) >= 11 is 0. The lowest BCUT2D eigenvalue weighted by molar-refractivity contribution is -0.0907. The zero-order valence-corrected chi connectivity index (χ0v) is 23.3. The Morgan fingerprint density at radius 1 is 1.15 bits per heavy atom. The number of benzene rings is 2. The van der Waals surface area contributed by atoms with E-state index in [9.17, 15) is 9.90 Å². The molecule has 5 rings (SSSR count). The first kappa shape index (κ1) is 28.6. The molecule has 0 saturated carbocycles. The summed E-state index contributed by atoms with van der Waals surface area (Å²) in [4.78, 5) is 15.3. The molecule has 40 heavy (non-hydrogen) atoms. The Bertz CT molecular complexity index is 1250. The van der Waals surface area contributed by atoms with Crippen molar-refractivity contribution in [2.24, 2.45) is 17.6 Å². The number of fused-ring (bicyclic) bond motifs is 2. The highest BCUT2D eigenvalue weighted by Gasteiger charge is 2.44. The monoisotopic (exact) mass is 551 g/mol. The van der Waals surface area contributed by atoms with Crippen LogP contribution in [-0.2, 0) is 33.7 Å². The van der Waals surface area contributed by atoms with Gasteiger partial charge in [0.15, 0.2) is 6.29 Å². The lowest BCUT2D eigenvalue weighted by Gasteiger charge is -2.31. The van der Waals surface area contributed by atoms with Gasteiger partial charge in [0.1, 0.15) is 11.7 Å². The van der Waals surface area contributed by atoms with E-state index in [1.54, 1.807) is 6.26 Å². The SMILES string of the molecule is CC(C)CN(Cc1ccc2occ(CN)c2c1)C[C@@H](O)[C@H](Cc1ccccc1)NC(=O)O[C@H]1CO[C@H]2OCC[C@H]21. The Kier molecular flexibility index (Phi) is 9.39. The lowest BCUT2D eigenvalue weighted by atomic mass is 10.00. The van der Waals surface area contributed by atoms with Crippen LogP contribution in [0.2, 0.25) is 0 Å². The van der Waals surface area contributed by atoms with Gasteiger partial charge in [-0.3, -0.25) is 4.90 Å². The number of ether oxygens (including phenoxy) is 3. The molecule has 0 radical (unpaired) electrons. The normalized spacial score (nSPS) is 22.1. The number of alkyl carbamates (subject to hydrolysis) is 1. The third-order valence-corrected chi connectivity index (χ3v) is 7.72. The fourth-order valence-electron chi connectivity index (χ4n) is 5.78. The molecule has 2 aromatic carbocycles. The predicted molar refractivity (Wildman–Crippen MR) is 151 cm³/mol. The predicted octanol–water partition coefficient (Wildman–Crippen LogP) is 3.81. The smallest absolute Gasteiger partial charge is 0.407 e. The lowest BCUT2D eigenvalue weighted by Crippen LogP contribution is -2.50. The molecule has 2 fully saturated rings. The summed E-state index contributed by atoms with van der Waals surface area (Å²) in [5, 5.41) is 15.5. The maximum absolute atomic E-state index is 13.0. The number of rotatable bonds is 12. The summed E-state index contributed by atoms with van der Waals surface area (Å²) in [5.74, 6) is 0.441. The average molecular weight is 552 g/mol. The zero-order chi connectivity index (χ0) is 28.1. The zero-order valence-electron chi connectivity index (χ0n) is 23.3. The maximum Gasteiger partial charge on any atom is 0.407 e. The van der Waals surface area contributed by atoms with Gasteiger partial charge >= 0.3 is 6.09 Å². The minimum absolute atomic E-state index is 0.0529. The van der Waals surface area contributed by atoms with Crippen molar-refractivity contribution >= 4 is 17.1 Å². The molecule has 3 aromatic rings. The number of carbonyl (C=O) groups excluding carboxylic acids is 1. The molecule has 0 aliphatic carbocycles. The molecule has 2 aliphatic rings. The van der Waals surface area contributed by atoms with Crippen molar-refractivity contribution < 1.29 is 28.5 Å². The number of hydrogen-bond acceptors (Lipinski definition) is 8. The minimum Gasteiger partial charge on any atom is -0.464 e.